The number of para-hydroxylation sites is 1. The minimum absolute atomic E-state index is 0.0132. The predicted octanol–water partition coefficient (Wildman–Crippen LogP) is 2.38. The van der Waals surface area contributed by atoms with Crippen molar-refractivity contribution >= 4 is 11.7 Å². The number of hydrogen-bond acceptors (Lipinski definition) is 5. The van der Waals surface area contributed by atoms with Crippen molar-refractivity contribution in [2.75, 3.05) is 31.1 Å². The molecule has 0 radical (unpaired) electrons. The minimum Gasteiger partial charge on any atom is -0.481 e. The molecular formula is C21H23N5O2. The molecule has 1 atom stereocenters. The van der Waals surface area contributed by atoms with Gasteiger partial charge in [-0.05, 0) is 31.2 Å². The van der Waals surface area contributed by atoms with Gasteiger partial charge in [0, 0.05) is 44.6 Å². The number of amides is 1. The Labute approximate surface area is 164 Å². The predicted molar refractivity (Wildman–Crippen MR) is 107 cm³/mol. The molecule has 1 fully saturated rings. The number of carbonyl (C=O) groups excluding carboxylic acids is 1. The largest absolute Gasteiger partial charge is 0.481 e. The number of anilines is 1. The molecule has 3 aromatic rings. The Morgan fingerprint density at radius 1 is 0.964 bits per heavy atom. The first-order chi connectivity index (χ1) is 13.7. The molecule has 7 nitrogen and oxygen atoms in total. The van der Waals surface area contributed by atoms with Gasteiger partial charge in [-0.3, -0.25) is 4.79 Å². The molecule has 0 aliphatic carbocycles. The van der Waals surface area contributed by atoms with Gasteiger partial charge in [0.05, 0.1) is 0 Å². The Morgan fingerprint density at radius 3 is 2.36 bits per heavy atom. The van der Waals surface area contributed by atoms with E-state index in [1.807, 2.05) is 70.4 Å². The van der Waals surface area contributed by atoms with Crippen molar-refractivity contribution in [2.24, 2.45) is 0 Å². The summed E-state index contributed by atoms with van der Waals surface area (Å²) in [4.78, 5) is 25.5. The summed E-state index contributed by atoms with van der Waals surface area (Å²) >= 11 is 0. The molecule has 0 N–H and O–H groups in total. The SMILES string of the molecule is CC(Oc1ccccc1)C(=O)N1CCN(c2cc(-n3cccc3)ncn2)CC1. The Morgan fingerprint density at radius 2 is 1.64 bits per heavy atom. The molecule has 28 heavy (non-hydrogen) atoms. The molecule has 1 aromatic carbocycles. The summed E-state index contributed by atoms with van der Waals surface area (Å²) < 4.78 is 7.72. The van der Waals surface area contributed by atoms with E-state index in [0.717, 1.165) is 24.7 Å². The first-order valence-electron chi connectivity index (χ1n) is 9.41. The minimum atomic E-state index is -0.506. The molecule has 1 aliphatic heterocycles. The number of benzene rings is 1. The highest BCUT2D eigenvalue weighted by Crippen LogP contribution is 2.17. The fourth-order valence-corrected chi connectivity index (χ4v) is 3.31. The lowest BCUT2D eigenvalue weighted by atomic mass is 10.2. The number of nitrogens with zero attached hydrogens (tertiary/aromatic N) is 5. The molecule has 1 unspecified atom stereocenters. The van der Waals surface area contributed by atoms with Crippen LogP contribution in [0.3, 0.4) is 0 Å². The van der Waals surface area contributed by atoms with Crippen LogP contribution in [0.25, 0.3) is 5.82 Å². The second-order valence-electron chi connectivity index (χ2n) is 6.71. The highest BCUT2D eigenvalue weighted by molar-refractivity contribution is 5.81. The van der Waals surface area contributed by atoms with E-state index in [0.29, 0.717) is 18.8 Å². The van der Waals surface area contributed by atoms with E-state index in [1.165, 1.54) is 0 Å². The van der Waals surface area contributed by atoms with Crippen LogP contribution in [0.1, 0.15) is 6.92 Å². The summed E-state index contributed by atoms with van der Waals surface area (Å²) in [6.45, 7) is 4.54. The maximum absolute atomic E-state index is 12.7. The second-order valence-corrected chi connectivity index (χ2v) is 6.71. The number of carbonyl (C=O) groups is 1. The van der Waals surface area contributed by atoms with Crippen LogP contribution in [-0.4, -0.2) is 57.6 Å². The van der Waals surface area contributed by atoms with Gasteiger partial charge < -0.3 is 19.1 Å². The molecule has 1 saturated heterocycles. The van der Waals surface area contributed by atoms with Gasteiger partial charge in [-0.15, -0.1) is 0 Å². The van der Waals surface area contributed by atoms with E-state index in [2.05, 4.69) is 14.9 Å². The van der Waals surface area contributed by atoms with E-state index in [1.54, 1.807) is 13.3 Å². The van der Waals surface area contributed by atoms with Crippen LogP contribution >= 0.6 is 0 Å². The Balaban J connectivity index is 1.35. The normalized spacial score (nSPS) is 15.3. The van der Waals surface area contributed by atoms with Crippen molar-refractivity contribution in [1.82, 2.24) is 19.4 Å². The van der Waals surface area contributed by atoms with Gasteiger partial charge in [-0.1, -0.05) is 18.2 Å². The molecule has 0 spiro atoms. The maximum atomic E-state index is 12.7. The van der Waals surface area contributed by atoms with Crippen molar-refractivity contribution in [3.05, 3.63) is 67.3 Å². The number of rotatable bonds is 5. The van der Waals surface area contributed by atoms with Gasteiger partial charge in [0.15, 0.2) is 6.10 Å². The molecule has 3 heterocycles. The lowest BCUT2D eigenvalue weighted by molar-refractivity contribution is -0.138. The van der Waals surface area contributed by atoms with Crippen LogP contribution in [0.2, 0.25) is 0 Å². The fraction of sp³-hybridized carbons (Fsp3) is 0.286. The Kier molecular flexibility index (Phi) is 5.23. The Bertz CT molecular complexity index is 906. The van der Waals surface area contributed by atoms with E-state index < -0.39 is 6.10 Å². The van der Waals surface area contributed by atoms with Crippen molar-refractivity contribution in [2.45, 2.75) is 13.0 Å². The van der Waals surface area contributed by atoms with Crippen LogP contribution in [0.5, 0.6) is 5.75 Å². The molecule has 4 rings (SSSR count). The Hall–Kier alpha value is -3.35. The molecule has 144 valence electrons. The van der Waals surface area contributed by atoms with Gasteiger partial charge in [-0.25, -0.2) is 9.97 Å². The zero-order chi connectivity index (χ0) is 19.3. The number of ether oxygens (including phenoxy) is 1. The number of piperazine rings is 1. The fourth-order valence-electron chi connectivity index (χ4n) is 3.31. The average molecular weight is 377 g/mol. The van der Waals surface area contributed by atoms with Crippen molar-refractivity contribution in [3.63, 3.8) is 0 Å². The summed E-state index contributed by atoms with van der Waals surface area (Å²) in [5, 5.41) is 0. The van der Waals surface area contributed by atoms with Gasteiger partial charge >= 0.3 is 0 Å². The first-order valence-corrected chi connectivity index (χ1v) is 9.41. The molecular weight excluding hydrogens is 354 g/mol. The standard InChI is InChI=1S/C21H23N5O2/c1-17(28-18-7-3-2-4-8-18)21(27)26-13-11-25(12-14-26)20-15-19(22-16-23-20)24-9-5-6-10-24/h2-10,15-17H,11-14H2,1H3. The molecule has 0 saturated carbocycles. The van der Waals surface area contributed by atoms with E-state index in [4.69, 9.17) is 4.74 Å². The van der Waals surface area contributed by atoms with Crippen molar-refractivity contribution in [3.8, 4) is 11.6 Å². The number of hydrogen-bond donors (Lipinski definition) is 0. The third-order valence-corrected chi connectivity index (χ3v) is 4.83. The van der Waals surface area contributed by atoms with E-state index in [-0.39, 0.29) is 5.91 Å². The summed E-state index contributed by atoms with van der Waals surface area (Å²) in [6.07, 6.45) is 4.99. The summed E-state index contributed by atoms with van der Waals surface area (Å²) in [5.41, 5.74) is 0. The van der Waals surface area contributed by atoms with Crippen LogP contribution in [0, 0.1) is 0 Å². The maximum Gasteiger partial charge on any atom is 0.263 e. The van der Waals surface area contributed by atoms with Crippen LogP contribution in [0.15, 0.2) is 67.3 Å². The number of aromatic nitrogens is 3. The second kappa shape index (κ2) is 8.12. The van der Waals surface area contributed by atoms with Gasteiger partial charge in [-0.2, -0.15) is 0 Å². The average Bonchev–Trinajstić information content (AvgIpc) is 3.29. The van der Waals surface area contributed by atoms with Gasteiger partial charge in [0.2, 0.25) is 0 Å². The summed E-state index contributed by atoms with van der Waals surface area (Å²) in [6, 6.07) is 15.3. The zero-order valence-electron chi connectivity index (χ0n) is 15.8. The van der Waals surface area contributed by atoms with Crippen molar-refractivity contribution in [1.29, 1.82) is 0 Å². The monoisotopic (exact) mass is 377 g/mol. The summed E-state index contributed by atoms with van der Waals surface area (Å²) in [5.74, 6) is 2.43. The zero-order valence-corrected chi connectivity index (χ0v) is 15.8. The van der Waals surface area contributed by atoms with E-state index >= 15 is 0 Å². The summed E-state index contributed by atoms with van der Waals surface area (Å²) in [7, 11) is 0. The molecule has 2 aromatic heterocycles. The first kappa shape index (κ1) is 18.0. The lowest BCUT2D eigenvalue weighted by Crippen LogP contribution is -2.52. The quantitative estimate of drug-likeness (QED) is 0.683. The lowest BCUT2D eigenvalue weighted by Gasteiger charge is -2.36. The van der Waals surface area contributed by atoms with Gasteiger partial charge in [0.25, 0.3) is 5.91 Å². The van der Waals surface area contributed by atoms with Crippen LogP contribution in [0.4, 0.5) is 5.82 Å². The topological polar surface area (TPSA) is 63.5 Å². The molecule has 7 heteroatoms. The van der Waals surface area contributed by atoms with Crippen LogP contribution in [-0.2, 0) is 4.79 Å². The third kappa shape index (κ3) is 3.98. The van der Waals surface area contributed by atoms with Crippen molar-refractivity contribution < 1.29 is 9.53 Å². The smallest absolute Gasteiger partial charge is 0.263 e. The molecule has 1 aliphatic rings. The highest BCUT2D eigenvalue weighted by Gasteiger charge is 2.26. The van der Waals surface area contributed by atoms with Crippen LogP contribution < -0.4 is 9.64 Å². The van der Waals surface area contributed by atoms with Gasteiger partial charge in [0.1, 0.15) is 23.7 Å². The molecule has 1 amide bonds. The third-order valence-electron chi connectivity index (χ3n) is 4.83. The highest BCUT2D eigenvalue weighted by atomic mass is 16.5. The molecule has 0 bridgehead atoms. The van der Waals surface area contributed by atoms with E-state index in [9.17, 15) is 4.79 Å².